The van der Waals surface area contributed by atoms with Gasteiger partial charge in [-0.25, -0.2) is 4.79 Å². The fourth-order valence-corrected chi connectivity index (χ4v) is 2.45. The third-order valence-corrected chi connectivity index (χ3v) is 3.53. The van der Waals surface area contributed by atoms with Gasteiger partial charge in [0.2, 0.25) is 0 Å². The minimum Gasteiger partial charge on any atom is -0.481 e. The Morgan fingerprint density at radius 2 is 2.25 bits per heavy atom. The van der Waals surface area contributed by atoms with Crippen molar-refractivity contribution in [1.29, 1.82) is 0 Å². The predicted molar refractivity (Wildman–Crippen MR) is 72.1 cm³/mol. The first-order valence-electron chi connectivity index (χ1n) is 6.90. The van der Waals surface area contributed by atoms with Gasteiger partial charge in [0.05, 0.1) is 5.92 Å². The van der Waals surface area contributed by atoms with E-state index in [9.17, 15) is 9.59 Å². The number of rotatable bonds is 6. The molecule has 2 amide bonds. The van der Waals surface area contributed by atoms with Gasteiger partial charge in [-0.05, 0) is 31.7 Å². The zero-order valence-electron chi connectivity index (χ0n) is 11.3. The van der Waals surface area contributed by atoms with Crippen LogP contribution in [0.3, 0.4) is 0 Å². The van der Waals surface area contributed by atoms with Gasteiger partial charge in [0.15, 0.2) is 0 Å². The summed E-state index contributed by atoms with van der Waals surface area (Å²) in [4.78, 5) is 22.5. The molecule has 20 heavy (non-hydrogen) atoms. The van der Waals surface area contributed by atoms with Gasteiger partial charge in [0.1, 0.15) is 0 Å². The molecule has 0 aromatic carbocycles. The molecule has 1 aromatic rings. The quantitative estimate of drug-likeness (QED) is 0.672. The zero-order valence-corrected chi connectivity index (χ0v) is 11.3. The third kappa shape index (κ3) is 4.25. The van der Waals surface area contributed by atoms with E-state index in [1.807, 2.05) is 16.9 Å². The van der Waals surface area contributed by atoms with Crippen LogP contribution < -0.4 is 10.6 Å². The van der Waals surface area contributed by atoms with Crippen molar-refractivity contribution >= 4 is 12.0 Å². The minimum atomic E-state index is -0.770. The summed E-state index contributed by atoms with van der Waals surface area (Å²) in [6.45, 7) is 1.33. The summed E-state index contributed by atoms with van der Waals surface area (Å²) < 4.78 is 1.81. The number of urea groups is 1. The van der Waals surface area contributed by atoms with Crippen molar-refractivity contribution in [2.45, 2.75) is 38.3 Å². The summed E-state index contributed by atoms with van der Waals surface area (Å²) in [6.07, 6.45) is 6.30. The number of carbonyl (C=O) groups is 2. The fraction of sp³-hybridized carbons (Fsp3) is 0.615. The van der Waals surface area contributed by atoms with E-state index in [0.717, 1.165) is 19.4 Å². The van der Waals surface area contributed by atoms with Crippen molar-refractivity contribution in [3.8, 4) is 0 Å². The lowest BCUT2D eigenvalue weighted by Crippen LogP contribution is -2.41. The molecule has 1 heterocycles. The number of aromatic nitrogens is 2. The minimum absolute atomic E-state index is 0.0257. The molecule has 0 saturated heterocycles. The van der Waals surface area contributed by atoms with E-state index in [-0.39, 0.29) is 18.0 Å². The summed E-state index contributed by atoms with van der Waals surface area (Å²) in [6, 6.07) is 1.61. The van der Waals surface area contributed by atoms with Gasteiger partial charge >= 0.3 is 12.0 Å². The van der Waals surface area contributed by atoms with Gasteiger partial charge in [-0.15, -0.1) is 0 Å². The number of carboxylic acid groups (broad SMARTS) is 1. The topological polar surface area (TPSA) is 96.3 Å². The SMILES string of the molecule is O=C(NCCCn1cccn1)N[C@H]1CC[C@@H](C(=O)O)C1. The second-order valence-electron chi connectivity index (χ2n) is 5.07. The largest absolute Gasteiger partial charge is 0.481 e. The molecule has 1 saturated carbocycles. The average molecular weight is 280 g/mol. The Morgan fingerprint density at radius 3 is 2.90 bits per heavy atom. The fourth-order valence-electron chi connectivity index (χ4n) is 2.45. The molecule has 2 atom stereocenters. The highest BCUT2D eigenvalue weighted by atomic mass is 16.4. The number of carboxylic acids is 1. The molecule has 0 aliphatic heterocycles. The number of nitrogens with one attached hydrogen (secondary N) is 2. The first-order chi connectivity index (χ1) is 9.65. The van der Waals surface area contributed by atoms with Gasteiger partial charge < -0.3 is 15.7 Å². The third-order valence-electron chi connectivity index (χ3n) is 3.53. The van der Waals surface area contributed by atoms with Crippen LogP contribution >= 0.6 is 0 Å². The maximum Gasteiger partial charge on any atom is 0.315 e. The molecular formula is C13H20N4O3. The predicted octanol–water partition coefficient (Wildman–Crippen LogP) is 0.826. The molecule has 2 rings (SSSR count). The molecule has 7 nitrogen and oxygen atoms in total. The van der Waals surface area contributed by atoms with Crippen LogP contribution in [0.2, 0.25) is 0 Å². The summed E-state index contributed by atoms with van der Waals surface area (Å²) in [5.41, 5.74) is 0. The zero-order chi connectivity index (χ0) is 14.4. The number of aliphatic carboxylic acids is 1. The number of hydrogen-bond acceptors (Lipinski definition) is 3. The van der Waals surface area contributed by atoms with Crippen LogP contribution in [0.25, 0.3) is 0 Å². The van der Waals surface area contributed by atoms with E-state index in [4.69, 9.17) is 5.11 Å². The van der Waals surface area contributed by atoms with Crippen molar-refractivity contribution in [2.24, 2.45) is 5.92 Å². The van der Waals surface area contributed by atoms with Crippen LogP contribution in [-0.4, -0.2) is 39.5 Å². The van der Waals surface area contributed by atoms with Crippen molar-refractivity contribution < 1.29 is 14.7 Å². The summed E-state index contributed by atoms with van der Waals surface area (Å²) in [5.74, 6) is -1.09. The lowest BCUT2D eigenvalue weighted by molar-refractivity contribution is -0.141. The van der Waals surface area contributed by atoms with Crippen molar-refractivity contribution in [3.05, 3.63) is 18.5 Å². The molecule has 1 aliphatic carbocycles. The Bertz CT molecular complexity index is 446. The Hall–Kier alpha value is -2.05. The van der Waals surface area contributed by atoms with Gasteiger partial charge in [-0.1, -0.05) is 0 Å². The van der Waals surface area contributed by atoms with Crippen LogP contribution in [0.5, 0.6) is 0 Å². The van der Waals surface area contributed by atoms with Gasteiger partial charge in [-0.2, -0.15) is 5.10 Å². The standard InChI is InChI=1S/C13H20N4O3/c18-12(19)10-3-4-11(9-10)16-13(20)14-5-1-7-17-8-2-6-15-17/h2,6,8,10-11H,1,3-5,7,9H2,(H,18,19)(H2,14,16,20)/t10-,11+/m1/s1. The van der Waals surface area contributed by atoms with Crippen LogP contribution in [0.4, 0.5) is 4.79 Å². The highest BCUT2D eigenvalue weighted by Gasteiger charge is 2.30. The summed E-state index contributed by atoms with van der Waals surface area (Å²) in [5, 5.41) is 18.6. The number of hydrogen-bond donors (Lipinski definition) is 3. The maximum atomic E-state index is 11.6. The average Bonchev–Trinajstić information content (AvgIpc) is 3.05. The Morgan fingerprint density at radius 1 is 1.40 bits per heavy atom. The first-order valence-corrected chi connectivity index (χ1v) is 6.90. The molecule has 1 aliphatic rings. The second kappa shape index (κ2) is 6.93. The molecule has 0 bridgehead atoms. The Balaban J connectivity index is 1.58. The molecule has 0 radical (unpaired) electrons. The monoisotopic (exact) mass is 280 g/mol. The van der Waals surface area contributed by atoms with Gasteiger partial charge in [-0.3, -0.25) is 9.48 Å². The summed E-state index contributed by atoms with van der Waals surface area (Å²) >= 11 is 0. The highest BCUT2D eigenvalue weighted by Crippen LogP contribution is 2.25. The van der Waals surface area contributed by atoms with Crippen molar-refractivity contribution in [2.75, 3.05) is 6.54 Å². The van der Waals surface area contributed by atoms with Crippen LogP contribution in [0.15, 0.2) is 18.5 Å². The van der Waals surface area contributed by atoms with E-state index < -0.39 is 5.97 Å². The smallest absolute Gasteiger partial charge is 0.315 e. The van der Waals surface area contributed by atoms with Crippen molar-refractivity contribution in [3.63, 3.8) is 0 Å². The highest BCUT2D eigenvalue weighted by molar-refractivity contribution is 5.75. The Labute approximate surface area is 117 Å². The molecule has 1 fully saturated rings. The molecule has 7 heteroatoms. The first kappa shape index (κ1) is 14.4. The Kier molecular flexibility index (Phi) is 4.97. The van der Waals surface area contributed by atoms with Crippen molar-refractivity contribution in [1.82, 2.24) is 20.4 Å². The van der Waals surface area contributed by atoms with Crippen LogP contribution in [-0.2, 0) is 11.3 Å². The second-order valence-corrected chi connectivity index (χ2v) is 5.07. The molecular weight excluding hydrogens is 260 g/mol. The number of carbonyl (C=O) groups excluding carboxylic acids is 1. The number of aryl methyl sites for hydroxylation is 1. The van der Waals surface area contributed by atoms with Gasteiger partial charge in [0.25, 0.3) is 0 Å². The van der Waals surface area contributed by atoms with Crippen LogP contribution in [0.1, 0.15) is 25.7 Å². The lowest BCUT2D eigenvalue weighted by Gasteiger charge is -2.13. The molecule has 110 valence electrons. The number of amides is 2. The van der Waals surface area contributed by atoms with Gasteiger partial charge in [0, 0.05) is 31.5 Å². The van der Waals surface area contributed by atoms with E-state index >= 15 is 0 Å². The summed E-state index contributed by atoms with van der Waals surface area (Å²) in [7, 11) is 0. The molecule has 3 N–H and O–H groups in total. The molecule has 0 spiro atoms. The van der Waals surface area contributed by atoms with E-state index in [1.165, 1.54) is 0 Å². The molecule has 0 unspecified atom stereocenters. The number of nitrogens with zero attached hydrogens (tertiary/aromatic N) is 2. The molecule has 1 aromatic heterocycles. The van der Waals surface area contributed by atoms with E-state index in [2.05, 4.69) is 15.7 Å². The van der Waals surface area contributed by atoms with E-state index in [0.29, 0.717) is 19.4 Å². The van der Waals surface area contributed by atoms with Crippen LogP contribution in [0, 0.1) is 5.92 Å². The maximum absolute atomic E-state index is 11.6. The lowest BCUT2D eigenvalue weighted by atomic mass is 10.1. The normalized spacial score (nSPS) is 21.6. The van der Waals surface area contributed by atoms with E-state index in [1.54, 1.807) is 6.20 Å².